The number of likely N-dealkylation sites (tertiary alicyclic amines) is 1. The lowest BCUT2D eigenvalue weighted by Crippen LogP contribution is -2.54. The topological polar surface area (TPSA) is 79.2 Å². The van der Waals surface area contributed by atoms with E-state index in [0.717, 1.165) is 11.3 Å². The molecule has 0 unspecified atom stereocenters. The van der Waals surface area contributed by atoms with Gasteiger partial charge in [-0.3, -0.25) is 9.48 Å². The molecule has 0 spiro atoms. The molecule has 3 atom stereocenters. The van der Waals surface area contributed by atoms with Crippen molar-refractivity contribution < 1.29 is 18.0 Å². The van der Waals surface area contributed by atoms with Crippen LogP contribution in [0.25, 0.3) is 0 Å². The molecule has 0 saturated carbocycles. The van der Waals surface area contributed by atoms with Gasteiger partial charge in [-0.1, -0.05) is 0 Å². The number of aromatic nitrogens is 4. The second-order valence-corrected chi connectivity index (χ2v) is 8.82. The molecule has 11 heteroatoms. The van der Waals surface area contributed by atoms with Crippen LogP contribution in [0.5, 0.6) is 0 Å². The lowest BCUT2D eigenvalue weighted by Gasteiger charge is -2.42. The first kappa shape index (κ1) is 22.5. The van der Waals surface area contributed by atoms with Crippen molar-refractivity contribution in [1.82, 2.24) is 29.5 Å². The highest BCUT2D eigenvalue weighted by molar-refractivity contribution is 5.80. The van der Waals surface area contributed by atoms with E-state index in [4.69, 9.17) is 0 Å². The van der Waals surface area contributed by atoms with Crippen LogP contribution in [0.4, 0.5) is 19.1 Å². The fraction of sp³-hybridized carbons (Fsp3) is 0.619. The minimum Gasteiger partial charge on any atom is -0.348 e. The first-order valence-corrected chi connectivity index (χ1v) is 10.7. The van der Waals surface area contributed by atoms with E-state index in [-0.39, 0.29) is 25.6 Å². The molecule has 174 valence electrons. The number of alkyl halides is 3. The number of nitrogens with zero attached hydrogens (tertiary/aromatic N) is 6. The van der Waals surface area contributed by atoms with Crippen LogP contribution in [-0.4, -0.2) is 67.8 Å². The fourth-order valence-electron chi connectivity index (χ4n) is 4.56. The highest BCUT2D eigenvalue weighted by Crippen LogP contribution is 2.39. The zero-order chi connectivity index (χ0) is 23.0. The lowest BCUT2D eigenvalue weighted by molar-refractivity contribution is -0.205. The van der Waals surface area contributed by atoms with Crippen LogP contribution >= 0.6 is 0 Å². The van der Waals surface area contributed by atoms with E-state index in [1.165, 1.54) is 0 Å². The Balaban J connectivity index is 1.49. The van der Waals surface area contributed by atoms with Crippen LogP contribution in [0.1, 0.15) is 30.3 Å². The average Bonchev–Trinajstić information content (AvgIpc) is 3.16. The maximum atomic E-state index is 13.7. The van der Waals surface area contributed by atoms with Crippen molar-refractivity contribution in [3.63, 3.8) is 0 Å². The molecule has 2 aromatic heterocycles. The molecule has 2 aliphatic heterocycles. The van der Waals surface area contributed by atoms with Crippen LogP contribution < -0.4 is 5.32 Å². The molecule has 0 aliphatic carbocycles. The van der Waals surface area contributed by atoms with E-state index >= 15 is 0 Å². The number of rotatable bonds is 4. The summed E-state index contributed by atoms with van der Waals surface area (Å²) in [5.74, 6) is -2.73. The smallest absolute Gasteiger partial charge is 0.348 e. The molecule has 1 N–H and O–H groups in total. The molecule has 1 saturated heterocycles. The summed E-state index contributed by atoms with van der Waals surface area (Å²) < 4.78 is 42.7. The van der Waals surface area contributed by atoms with Crippen LogP contribution in [0.2, 0.25) is 0 Å². The number of amides is 1. The Bertz CT molecular complexity index is 977. The number of hydrogen-bond acceptors (Lipinski definition) is 6. The predicted molar refractivity (Wildman–Crippen MR) is 111 cm³/mol. The SMILES string of the molecule is C[C@@H]1Cc2cnc(NCc3ccn(C)n3)nc2CN1C(=O)[C@H]1CCN(C)C[C@@H]1C(F)(F)F. The molecule has 0 bridgehead atoms. The van der Waals surface area contributed by atoms with Crippen molar-refractivity contribution in [3.8, 4) is 0 Å². The number of carbonyl (C=O) groups excluding carboxylic acids is 1. The maximum Gasteiger partial charge on any atom is 0.393 e. The molecule has 8 nitrogen and oxygen atoms in total. The summed E-state index contributed by atoms with van der Waals surface area (Å²) in [4.78, 5) is 25.4. The van der Waals surface area contributed by atoms with Crippen molar-refractivity contribution >= 4 is 11.9 Å². The summed E-state index contributed by atoms with van der Waals surface area (Å²) in [6.07, 6.45) is -0.111. The van der Waals surface area contributed by atoms with Gasteiger partial charge in [-0.15, -0.1) is 0 Å². The number of carbonyl (C=O) groups is 1. The number of fused-ring (bicyclic) bond motifs is 1. The Kier molecular flexibility index (Phi) is 6.11. The van der Waals surface area contributed by atoms with E-state index in [0.29, 0.717) is 31.2 Å². The third kappa shape index (κ3) is 4.72. The van der Waals surface area contributed by atoms with Gasteiger partial charge in [0, 0.05) is 32.0 Å². The van der Waals surface area contributed by atoms with Crippen molar-refractivity contribution in [2.45, 2.75) is 45.1 Å². The maximum absolute atomic E-state index is 13.7. The molecule has 1 fully saturated rings. The largest absolute Gasteiger partial charge is 0.393 e. The van der Waals surface area contributed by atoms with Crippen molar-refractivity contribution in [2.24, 2.45) is 18.9 Å². The fourth-order valence-corrected chi connectivity index (χ4v) is 4.56. The van der Waals surface area contributed by atoms with Gasteiger partial charge in [0.05, 0.1) is 36.3 Å². The molecule has 2 aliphatic rings. The number of aryl methyl sites for hydroxylation is 1. The molecule has 0 aromatic carbocycles. The number of nitrogens with one attached hydrogen (secondary N) is 1. The average molecular weight is 451 g/mol. The van der Waals surface area contributed by atoms with Gasteiger partial charge in [0.15, 0.2) is 0 Å². The zero-order valence-corrected chi connectivity index (χ0v) is 18.4. The number of anilines is 1. The number of hydrogen-bond donors (Lipinski definition) is 1. The summed E-state index contributed by atoms with van der Waals surface area (Å²) in [6, 6.07) is 1.67. The molecule has 4 heterocycles. The highest BCUT2D eigenvalue weighted by atomic mass is 19.4. The molecule has 0 radical (unpaired) electrons. The number of piperidine rings is 1. The first-order chi connectivity index (χ1) is 15.1. The van der Waals surface area contributed by atoms with E-state index in [1.807, 2.05) is 26.2 Å². The second kappa shape index (κ2) is 8.68. The summed E-state index contributed by atoms with van der Waals surface area (Å²) >= 11 is 0. The summed E-state index contributed by atoms with van der Waals surface area (Å²) in [6.45, 7) is 2.83. The van der Waals surface area contributed by atoms with Gasteiger partial charge in [0.1, 0.15) is 0 Å². The van der Waals surface area contributed by atoms with Gasteiger partial charge < -0.3 is 15.1 Å². The first-order valence-electron chi connectivity index (χ1n) is 10.7. The normalized spacial score (nSPS) is 24.3. The number of halogens is 3. The third-order valence-electron chi connectivity index (χ3n) is 6.35. The molecule has 1 amide bonds. The van der Waals surface area contributed by atoms with Crippen molar-refractivity contribution in [2.75, 3.05) is 25.5 Å². The summed E-state index contributed by atoms with van der Waals surface area (Å²) in [5.41, 5.74) is 2.42. The predicted octanol–water partition coefficient (Wildman–Crippen LogP) is 2.23. The Hall–Kier alpha value is -2.69. The van der Waals surface area contributed by atoms with Crippen molar-refractivity contribution in [3.05, 3.63) is 35.4 Å². The van der Waals surface area contributed by atoms with Crippen LogP contribution in [-0.2, 0) is 31.4 Å². The van der Waals surface area contributed by atoms with E-state index in [1.54, 1.807) is 27.7 Å². The van der Waals surface area contributed by atoms with Gasteiger partial charge in [0.2, 0.25) is 11.9 Å². The minimum atomic E-state index is -4.41. The Morgan fingerprint density at radius 1 is 1.31 bits per heavy atom. The summed E-state index contributed by atoms with van der Waals surface area (Å²) in [7, 11) is 3.50. The van der Waals surface area contributed by atoms with Crippen LogP contribution in [0.3, 0.4) is 0 Å². The Morgan fingerprint density at radius 3 is 2.78 bits per heavy atom. The van der Waals surface area contributed by atoms with Gasteiger partial charge in [0.25, 0.3) is 0 Å². The molecule has 2 aromatic rings. The molecule has 32 heavy (non-hydrogen) atoms. The third-order valence-corrected chi connectivity index (χ3v) is 6.35. The Labute approximate surface area is 184 Å². The van der Waals surface area contributed by atoms with Gasteiger partial charge in [-0.05, 0) is 45.0 Å². The second-order valence-electron chi connectivity index (χ2n) is 8.82. The van der Waals surface area contributed by atoms with Gasteiger partial charge in [-0.2, -0.15) is 18.3 Å². The van der Waals surface area contributed by atoms with Crippen LogP contribution in [0, 0.1) is 11.8 Å². The lowest BCUT2D eigenvalue weighted by atomic mass is 9.83. The van der Waals surface area contributed by atoms with Crippen molar-refractivity contribution in [1.29, 1.82) is 0 Å². The monoisotopic (exact) mass is 451 g/mol. The molecular weight excluding hydrogens is 423 g/mol. The Morgan fingerprint density at radius 2 is 2.09 bits per heavy atom. The molecule has 4 rings (SSSR count). The van der Waals surface area contributed by atoms with Crippen LogP contribution in [0.15, 0.2) is 18.5 Å². The van der Waals surface area contributed by atoms with Gasteiger partial charge in [-0.25, -0.2) is 9.97 Å². The van der Waals surface area contributed by atoms with E-state index in [9.17, 15) is 18.0 Å². The molecular formula is C21H28F3N7O. The quantitative estimate of drug-likeness (QED) is 0.768. The standard InChI is InChI=1S/C21H28F3N7O/c1-13-8-14-9-25-20(26-10-15-4-7-30(3)28-15)27-18(14)12-31(13)19(32)16-5-6-29(2)11-17(16)21(22,23)24/h4,7,9,13,16-17H,5-6,8,10-12H2,1-3H3,(H,25,26,27)/t13-,16+,17+/m1/s1. The highest BCUT2D eigenvalue weighted by Gasteiger charge is 2.50. The zero-order valence-electron chi connectivity index (χ0n) is 18.4. The minimum absolute atomic E-state index is 0.150. The summed E-state index contributed by atoms with van der Waals surface area (Å²) in [5, 5.41) is 7.41. The van der Waals surface area contributed by atoms with E-state index in [2.05, 4.69) is 20.4 Å². The van der Waals surface area contributed by atoms with Gasteiger partial charge >= 0.3 is 6.18 Å². The van der Waals surface area contributed by atoms with E-state index < -0.39 is 23.9 Å².